The van der Waals surface area contributed by atoms with Crippen molar-refractivity contribution < 1.29 is 19.1 Å². The van der Waals surface area contributed by atoms with Crippen molar-refractivity contribution in [3.8, 4) is 5.75 Å². The van der Waals surface area contributed by atoms with E-state index < -0.39 is 11.8 Å². The number of fused-ring (bicyclic) bond motifs is 1. The van der Waals surface area contributed by atoms with Gasteiger partial charge in [0, 0.05) is 17.0 Å². The Morgan fingerprint density at radius 2 is 1.86 bits per heavy atom. The lowest BCUT2D eigenvalue weighted by atomic mass is 10.1. The van der Waals surface area contributed by atoms with Crippen LogP contribution in [0, 0.1) is 0 Å². The van der Waals surface area contributed by atoms with Crippen molar-refractivity contribution >= 4 is 45.4 Å². The summed E-state index contributed by atoms with van der Waals surface area (Å²) in [6, 6.07) is 13.0. The standard InChI is InChI=1S/C21H20BrN3O4/c1-13(26)23-24-21(28)16-9-15-5-6-17(22)11-19(15)25(20(27)10-16)12-14-3-7-18(29-2)8-4-14/h3-9,11H,10,12H2,1-2H3,(H,23,26)(H,24,28). The van der Waals surface area contributed by atoms with E-state index in [0.29, 0.717) is 12.2 Å². The molecule has 29 heavy (non-hydrogen) atoms. The molecule has 1 aliphatic rings. The van der Waals surface area contributed by atoms with Crippen LogP contribution in [0.3, 0.4) is 0 Å². The van der Waals surface area contributed by atoms with Gasteiger partial charge in [0.15, 0.2) is 0 Å². The zero-order valence-electron chi connectivity index (χ0n) is 16.0. The predicted octanol–water partition coefficient (Wildman–Crippen LogP) is 2.95. The summed E-state index contributed by atoms with van der Waals surface area (Å²) in [6.07, 6.45) is 1.58. The Hall–Kier alpha value is -3.13. The second-order valence-corrected chi connectivity index (χ2v) is 7.43. The molecular formula is C21H20BrN3O4. The molecule has 0 saturated carbocycles. The molecule has 1 aliphatic heterocycles. The quantitative estimate of drug-likeness (QED) is 0.690. The molecule has 0 bridgehead atoms. The first-order valence-electron chi connectivity index (χ1n) is 8.87. The van der Waals surface area contributed by atoms with E-state index in [0.717, 1.165) is 21.3 Å². The van der Waals surface area contributed by atoms with Gasteiger partial charge in [-0.15, -0.1) is 0 Å². The van der Waals surface area contributed by atoms with Gasteiger partial charge in [0.05, 0.1) is 25.8 Å². The number of amides is 3. The highest BCUT2D eigenvalue weighted by molar-refractivity contribution is 9.10. The number of benzene rings is 2. The molecule has 2 N–H and O–H groups in total. The van der Waals surface area contributed by atoms with Crippen LogP contribution in [-0.4, -0.2) is 24.8 Å². The molecule has 0 aliphatic carbocycles. The Balaban J connectivity index is 1.93. The van der Waals surface area contributed by atoms with Crippen molar-refractivity contribution in [1.29, 1.82) is 0 Å². The number of nitrogens with zero attached hydrogens (tertiary/aromatic N) is 1. The summed E-state index contributed by atoms with van der Waals surface area (Å²) in [7, 11) is 1.60. The lowest BCUT2D eigenvalue weighted by molar-refractivity contribution is -0.126. The van der Waals surface area contributed by atoms with E-state index in [4.69, 9.17) is 4.74 Å². The van der Waals surface area contributed by atoms with Crippen molar-refractivity contribution in [2.45, 2.75) is 19.9 Å². The van der Waals surface area contributed by atoms with E-state index >= 15 is 0 Å². The van der Waals surface area contributed by atoms with Crippen LogP contribution < -0.4 is 20.5 Å². The zero-order chi connectivity index (χ0) is 21.0. The maximum absolute atomic E-state index is 13.0. The third-order valence-electron chi connectivity index (χ3n) is 4.40. The van der Waals surface area contributed by atoms with Gasteiger partial charge in [0.1, 0.15) is 5.75 Å². The van der Waals surface area contributed by atoms with E-state index in [1.807, 2.05) is 42.5 Å². The molecule has 0 fully saturated rings. The van der Waals surface area contributed by atoms with E-state index in [1.165, 1.54) is 6.92 Å². The van der Waals surface area contributed by atoms with Gasteiger partial charge in [-0.05, 0) is 41.5 Å². The second-order valence-electron chi connectivity index (χ2n) is 6.51. The number of carbonyl (C=O) groups excluding carboxylic acids is 3. The van der Waals surface area contributed by atoms with Crippen LogP contribution >= 0.6 is 15.9 Å². The Labute approximate surface area is 176 Å². The van der Waals surface area contributed by atoms with Gasteiger partial charge in [-0.2, -0.15) is 0 Å². The van der Waals surface area contributed by atoms with Gasteiger partial charge < -0.3 is 9.64 Å². The molecule has 0 radical (unpaired) electrons. The maximum Gasteiger partial charge on any atom is 0.266 e. The Kier molecular flexibility index (Phi) is 6.33. The Morgan fingerprint density at radius 3 is 2.52 bits per heavy atom. The average Bonchev–Trinajstić information content (AvgIpc) is 2.83. The van der Waals surface area contributed by atoms with Crippen molar-refractivity contribution in [3.05, 3.63) is 63.6 Å². The highest BCUT2D eigenvalue weighted by Crippen LogP contribution is 2.32. The van der Waals surface area contributed by atoms with Crippen molar-refractivity contribution in [2.75, 3.05) is 12.0 Å². The van der Waals surface area contributed by atoms with Crippen LogP contribution in [0.15, 0.2) is 52.5 Å². The van der Waals surface area contributed by atoms with Gasteiger partial charge in [0.2, 0.25) is 11.8 Å². The van der Waals surface area contributed by atoms with E-state index in [-0.39, 0.29) is 17.9 Å². The number of ether oxygens (including phenoxy) is 1. The molecule has 3 amide bonds. The fourth-order valence-corrected chi connectivity index (χ4v) is 3.31. The summed E-state index contributed by atoms with van der Waals surface area (Å²) in [4.78, 5) is 38.2. The molecule has 0 saturated heterocycles. The fourth-order valence-electron chi connectivity index (χ4n) is 2.96. The molecule has 2 aromatic rings. The van der Waals surface area contributed by atoms with Crippen LogP contribution in [0.4, 0.5) is 5.69 Å². The number of hydrogen-bond donors (Lipinski definition) is 2. The van der Waals surface area contributed by atoms with Crippen LogP contribution in [-0.2, 0) is 20.9 Å². The zero-order valence-corrected chi connectivity index (χ0v) is 17.6. The smallest absolute Gasteiger partial charge is 0.266 e. The number of nitrogens with one attached hydrogen (secondary N) is 2. The van der Waals surface area contributed by atoms with Gasteiger partial charge in [-0.25, -0.2) is 0 Å². The monoisotopic (exact) mass is 457 g/mol. The van der Waals surface area contributed by atoms with Gasteiger partial charge >= 0.3 is 0 Å². The van der Waals surface area contributed by atoms with Crippen LogP contribution in [0.1, 0.15) is 24.5 Å². The number of hydrogen-bond acceptors (Lipinski definition) is 4. The minimum Gasteiger partial charge on any atom is -0.497 e. The SMILES string of the molecule is COc1ccc(CN2C(=O)CC(C(=O)NNC(C)=O)=Cc3ccc(Br)cc32)cc1. The average molecular weight is 458 g/mol. The summed E-state index contributed by atoms with van der Waals surface area (Å²) >= 11 is 3.45. The normalized spacial score (nSPS) is 13.1. The summed E-state index contributed by atoms with van der Waals surface area (Å²) in [6.45, 7) is 1.64. The van der Waals surface area contributed by atoms with Crippen LogP contribution in [0.5, 0.6) is 5.75 Å². The van der Waals surface area contributed by atoms with Crippen molar-refractivity contribution in [2.24, 2.45) is 0 Å². The van der Waals surface area contributed by atoms with E-state index in [1.54, 1.807) is 18.1 Å². The first-order chi connectivity index (χ1) is 13.9. The molecule has 0 aromatic heterocycles. The summed E-state index contributed by atoms with van der Waals surface area (Å²) in [5, 5.41) is 0. The predicted molar refractivity (Wildman–Crippen MR) is 113 cm³/mol. The van der Waals surface area contributed by atoms with Gasteiger partial charge in [-0.1, -0.05) is 34.1 Å². The second kappa shape index (κ2) is 8.91. The number of methoxy groups -OCH3 is 1. The topological polar surface area (TPSA) is 87.7 Å². The largest absolute Gasteiger partial charge is 0.497 e. The summed E-state index contributed by atoms with van der Waals surface area (Å²) in [5.74, 6) is -0.405. The molecule has 1 heterocycles. The molecule has 150 valence electrons. The Bertz CT molecular complexity index is 986. The minimum atomic E-state index is -0.520. The third kappa shape index (κ3) is 5.03. The van der Waals surface area contributed by atoms with Crippen molar-refractivity contribution in [3.63, 3.8) is 0 Å². The molecule has 0 unspecified atom stereocenters. The van der Waals surface area contributed by atoms with E-state index in [2.05, 4.69) is 26.8 Å². The highest BCUT2D eigenvalue weighted by Gasteiger charge is 2.26. The first-order valence-corrected chi connectivity index (χ1v) is 9.67. The lowest BCUT2D eigenvalue weighted by Crippen LogP contribution is -2.41. The van der Waals surface area contributed by atoms with Gasteiger partial charge in [0.25, 0.3) is 5.91 Å². The van der Waals surface area contributed by atoms with Crippen LogP contribution in [0.25, 0.3) is 6.08 Å². The number of rotatable bonds is 4. The maximum atomic E-state index is 13.0. The number of anilines is 1. The molecule has 2 aromatic carbocycles. The molecule has 0 spiro atoms. The fraction of sp³-hybridized carbons (Fsp3) is 0.190. The highest BCUT2D eigenvalue weighted by atomic mass is 79.9. The number of halogens is 1. The van der Waals surface area contributed by atoms with E-state index in [9.17, 15) is 14.4 Å². The number of hydrazine groups is 1. The molecule has 7 nitrogen and oxygen atoms in total. The van der Waals surface area contributed by atoms with Crippen LogP contribution in [0.2, 0.25) is 0 Å². The summed E-state index contributed by atoms with van der Waals surface area (Å²) < 4.78 is 6.01. The van der Waals surface area contributed by atoms with Gasteiger partial charge in [-0.3, -0.25) is 25.2 Å². The third-order valence-corrected chi connectivity index (χ3v) is 4.89. The molecule has 3 rings (SSSR count). The first kappa shape index (κ1) is 20.6. The lowest BCUT2D eigenvalue weighted by Gasteiger charge is -2.23. The molecule has 8 heteroatoms. The Morgan fingerprint density at radius 1 is 1.14 bits per heavy atom. The number of carbonyl (C=O) groups is 3. The molecule has 0 atom stereocenters. The van der Waals surface area contributed by atoms with Crippen molar-refractivity contribution in [1.82, 2.24) is 10.9 Å². The molecular weight excluding hydrogens is 438 g/mol. The minimum absolute atomic E-state index is 0.0894. The summed E-state index contributed by atoms with van der Waals surface area (Å²) in [5.41, 5.74) is 7.20.